The molecule has 40 heavy (non-hydrogen) atoms. The highest BCUT2D eigenvalue weighted by atomic mass is 14.3. The van der Waals surface area contributed by atoms with E-state index in [1.807, 2.05) is 0 Å². The lowest BCUT2D eigenvalue weighted by molar-refractivity contribution is 0.344. The van der Waals surface area contributed by atoms with Crippen LogP contribution in [0.25, 0.3) is 0 Å². The Hall–Kier alpha value is -2.26. The van der Waals surface area contributed by atoms with Crippen LogP contribution in [0.3, 0.4) is 0 Å². The van der Waals surface area contributed by atoms with Crippen LogP contribution in [-0.2, 0) is 0 Å². The average molecular weight is 541 g/mol. The molecule has 2 rings (SSSR count). The third kappa shape index (κ3) is 11.7. The summed E-state index contributed by atoms with van der Waals surface area (Å²) in [6.07, 6.45) is 30.4. The summed E-state index contributed by atoms with van der Waals surface area (Å²) in [6.45, 7) is 23.3. The zero-order chi connectivity index (χ0) is 29.8. The molecule has 0 spiro atoms. The molecule has 2 aliphatic rings. The van der Waals surface area contributed by atoms with Gasteiger partial charge in [0.25, 0.3) is 0 Å². The van der Waals surface area contributed by atoms with Gasteiger partial charge in [-0.15, -0.1) is 0 Å². The molecule has 0 saturated heterocycles. The van der Waals surface area contributed by atoms with Gasteiger partial charge in [0.15, 0.2) is 0 Å². The molecule has 0 heterocycles. The Balaban J connectivity index is 1.76. The van der Waals surface area contributed by atoms with E-state index in [2.05, 4.69) is 130 Å². The molecule has 2 atom stereocenters. The summed E-state index contributed by atoms with van der Waals surface area (Å²) in [7, 11) is 0. The highest BCUT2D eigenvalue weighted by molar-refractivity contribution is 5.34. The summed E-state index contributed by atoms with van der Waals surface area (Å²) < 4.78 is 0. The van der Waals surface area contributed by atoms with Crippen molar-refractivity contribution in [2.45, 2.75) is 133 Å². The predicted molar refractivity (Wildman–Crippen MR) is 180 cm³/mol. The van der Waals surface area contributed by atoms with Crippen LogP contribution in [0.1, 0.15) is 133 Å². The fourth-order valence-corrected chi connectivity index (χ4v) is 6.42. The van der Waals surface area contributed by atoms with Crippen LogP contribution in [0.4, 0.5) is 0 Å². The summed E-state index contributed by atoms with van der Waals surface area (Å²) in [6, 6.07) is 0. The molecule has 2 aliphatic carbocycles. The maximum Gasteiger partial charge on any atom is 0.0153 e. The maximum atomic E-state index is 3.38. The molecule has 0 fully saturated rings. The summed E-state index contributed by atoms with van der Waals surface area (Å²) in [5, 5.41) is 0. The van der Waals surface area contributed by atoms with Crippen molar-refractivity contribution in [3.63, 3.8) is 0 Å². The monoisotopic (exact) mass is 540 g/mol. The van der Waals surface area contributed by atoms with Crippen LogP contribution in [0, 0.1) is 34.5 Å². The third-order valence-corrected chi connectivity index (χ3v) is 9.15. The van der Waals surface area contributed by atoms with E-state index in [0.29, 0.717) is 16.7 Å². The quantitative estimate of drug-likeness (QED) is 0.139. The molecule has 220 valence electrons. The molecule has 0 aromatic carbocycles. The van der Waals surface area contributed by atoms with E-state index >= 15 is 0 Å². The van der Waals surface area contributed by atoms with E-state index in [-0.39, 0.29) is 0 Å². The lowest BCUT2D eigenvalue weighted by Crippen LogP contribution is -2.20. The van der Waals surface area contributed by atoms with Crippen LogP contribution in [0.2, 0.25) is 0 Å². The first-order valence-electron chi connectivity index (χ1n) is 16.1. The van der Waals surface area contributed by atoms with E-state index in [1.165, 1.54) is 56.9 Å². The molecule has 0 aromatic rings. The minimum Gasteiger partial charge on any atom is -0.0976 e. The highest BCUT2D eigenvalue weighted by Crippen LogP contribution is 2.43. The molecule has 0 amide bonds. The standard InChI is InChI=1S/C40H60/c1-31(19-13-21-33(3)25-27-37-35(5)23-15-29-39(37,7)8)17-11-12-18-32(2)20-14-22-34(4)26-28-38-36(6)24-16-30-40(38,9)10/h11-13,17-19,26,28,33-34H,15-16,21-25,27,29-30H2,1-10H3/b12-11+,19-13-,28-26+,31-17+,32-18+/t33-,34?/m0/s1. The van der Waals surface area contributed by atoms with Crippen molar-refractivity contribution >= 4 is 0 Å². The van der Waals surface area contributed by atoms with E-state index in [0.717, 1.165) is 24.3 Å². The normalized spacial score (nSPS) is 21.9. The van der Waals surface area contributed by atoms with Crippen LogP contribution < -0.4 is 0 Å². The van der Waals surface area contributed by atoms with Gasteiger partial charge in [0, 0.05) is 6.42 Å². The van der Waals surface area contributed by atoms with E-state index < -0.39 is 0 Å². The number of rotatable bonds is 11. The number of allylic oxidation sites excluding steroid dienone is 14. The molecule has 0 nitrogen and oxygen atoms in total. The average Bonchev–Trinajstić information content (AvgIpc) is 2.85. The summed E-state index contributed by atoms with van der Waals surface area (Å²) in [4.78, 5) is 0. The van der Waals surface area contributed by atoms with Crippen LogP contribution in [0.5, 0.6) is 0 Å². The topological polar surface area (TPSA) is 0 Å². The number of hydrogen-bond acceptors (Lipinski definition) is 0. The van der Waals surface area contributed by atoms with Gasteiger partial charge in [0.2, 0.25) is 0 Å². The first kappa shape index (κ1) is 33.9. The van der Waals surface area contributed by atoms with E-state index in [9.17, 15) is 0 Å². The lowest BCUT2D eigenvalue weighted by atomic mass is 9.70. The van der Waals surface area contributed by atoms with Crippen LogP contribution in [0.15, 0.2) is 82.0 Å². The maximum absolute atomic E-state index is 3.38. The first-order chi connectivity index (χ1) is 18.8. The van der Waals surface area contributed by atoms with Crippen molar-refractivity contribution in [2.75, 3.05) is 0 Å². The second-order valence-electron chi connectivity index (χ2n) is 14.2. The molecular formula is C40H60. The predicted octanol–water partition coefficient (Wildman–Crippen LogP) is 12.4. The zero-order valence-electron chi connectivity index (χ0n) is 27.8. The van der Waals surface area contributed by atoms with Gasteiger partial charge >= 0.3 is 0 Å². The van der Waals surface area contributed by atoms with Crippen molar-refractivity contribution in [1.29, 1.82) is 0 Å². The molecule has 0 bridgehead atoms. The van der Waals surface area contributed by atoms with Gasteiger partial charge in [-0.3, -0.25) is 0 Å². The molecule has 0 aliphatic heterocycles. The Morgan fingerprint density at radius 1 is 0.900 bits per heavy atom. The number of hydrogen-bond donors (Lipinski definition) is 0. The summed E-state index contributed by atoms with van der Waals surface area (Å²) in [5.74, 6) is 7.90. The lowest BCUT2D eigenvalue weighted by Gasteiger charge is -2.35. The molecule has 0 heteroatoms. The second kappa shape index (κ2) is 16.2. The van der Waals surface area contributed by atoms with E-state index in [1.54, 1.807) is 22.3 Å². The second-order valence-corrected chi connectivity index (χ2v) is 14.2. The molecule has 0 N–H and O–H groups in total. The van der Waals surface area contributed by atoms with Gasteiger partial charge in [-0.1, -0.05) is 124 Å². The van der Waals surface area contributed by atoms with Gasteiger partial charge < -0.3 is 0 Å². The Kier molecular flexibility index (Phi) is 13.8. The van der Waals surface area contributed by atoms with Crippen LogP contribution >= 0.6 is 0 Å². The zero-order valence-corrected chi connectivity index (χ0v) is 27.8. The third-order valence-electron chi connectivity index (χ3n) is 9.15. The Morgan fingerprint density at radius 2 is 1.55 bits per heavy atom. The molecule has 1 unspecified atom stereocenters. The van der Waals surface area contributed by atoms with Gasteiger partial charge in [-0.05, 0) is 119 Å². The highest BCUT2D eigenvalue weighted by Gasteiger charge is 2.28. The summed E-state index contributed by atoms with van der Waals surface area (Å²) in [5.41, 5.74) is 9.62. The largest absolute Gasteiger partial charge is 0.0976 e. The van der Waals surface area contributed by atoms with Gasteiger partial charge in [0.1, 0.15) is 0 Å². The van der Waals surface area contributed by atoms with Crippen molar-refractivity contribution < 1.29 is 0 Å². The van der Waals surface area contributed by atoms with Crippen LogP contribution in [-0.4, -0.2) is 0 Å². The SMILES string of the molecule is CC1=C(/C=C/C(C)CC#C/C(C)=C/C=C/C=C(C)/C=C\C[C@H](C)CCC2=C(C)CCCC2(C)C)C(C)(C)CCC1. The Morgan fingerprint density at radius 3 is 2.23 bits per heavy atom. The Labute approximate surface area is 249 Å². The smallest absolute Gasteiger partial charge is 0.0153 e. The fourth-order valence-electron chi connectivity index (χ4n) is 6.42. The fraction of sp³-hybridized carbons (Fsp3) is 0.600. The minimum absolute atomic E-state index is 0.306. The van der Waals surface area contributed by atoms with Gasteiger partial charge in [-0.25, -0.2) is 0 Å². The van der Waals surface area contributed by atoms with Crippen molar-refractivity contribution in [1.82, 2.24) is 0 Å². The minimum atomic E-state index is 0.306. The van der Waals surface area contributed by atoms with Crippen molar-refractivity contribution in [3.8, 4) is 11.8 Å². The summed E-state index contributed by atoms with van der Waals surface area (Å²) >= 11 is 0. The van der Waals surface area contributed by atoms with Crippen molar-refractivity contribution in [3.05, 3.63) is 82.0 Å². The van der Waals surface area contributed by atoms with Gasteiger partial charge in [-0.2, -0.15) is 0 Å². The Bertz CT molecular complexity index is 1110. The molecule has 0 aromatic heterocycles. The van der Waals surface area contributed by atoms with Gasteiger partial charge in [0.05, 0.1) is 0 Å². The molecule has 0 radical (unpaired) electrons. The molecule has 0 saturated carbocycles. The molecular weight excluding hydrogens is 480 g/mol. The van der Waals surface area contributed by atoms with Crippen molar-refractivity contribution in [2.24, 2.45) is 22.7 Å². The van der Waals surface area contributed by atoms with E-state index in [4.69, 9.17) is 0 Å². The first-order valence-corrected chi connectivity index (χ1v) is 16.1.